The molecule has 1 saturated heterocycles. The van der Waals surface area contributed by atoms with Crippen molar-refractivity contribution in [2.45, 2.75) is 37.5 Å². The second-order valence-electron chi connectivity index (χ2n) is 4.89. The van der Waals surface area contributed by atoms with Crippen LogP contribution >= 0.6 is 0 Å². The lowest BCUT2D eigenvalue weighted by atomic mass is 9.90. The minimum absolute atomic E-state index is 0.00277. The molecule has 1 aliphatic carbocycles. The van der Waals surface area contributed by atoms with Gasteiger partial charge in [0.05, 0.1) is 12.8 Å². The maximum atomic E-state index is 11.2. The van der Waals surface area contributed by atoms with Crippen molar-refractivity contribution < 1.29 is 14.3 Å². The molecule has 0 radical (unpaired) electrons. The van der Waals surface area contributed by atoms with E-state index in [-0.39, 0.29) is 5.92 Å². The highest BCUT2D eigenvalue weighted by atomic mass is 16.6. The van der Waals surface area contributed by atoms with E-state index in [1.54, 1.807) is 0 Å². The number of carbonyl (C=O) groups is 2. The zero-order valence-electron chi connectivity index (χ0n) is 9.52. The summed E-state index contributed by atoms with van der Waals surface area (Å²) in [7, 11) is 0. The first-order chi connectivity index (χ1) is 8.22. The number of rotatable bonds is 2. The van der Waals surface area contributed by atoms with E-state index in [0.29, 0.717) is 12.8 Å². The summed E-state index contributed by atoms with van der Waals surface area (Å²) in [6, 6.07) is 8.34. The molecule has 1 saturated carbocycles. The quantitative estimate of drug-likeness (QED) is 0.579. The van der Waals surface area contributed by atoms with E-state index in [1.165, 1.54) is 18.4 Å². The van der Waals surface area contributed by atoms with Gasteiger partial charge in [-0.2, -0.15) is 0 Å². The van der Waals surface area contributed by atoms with Crippen LogP contribution < -0.4 is 0 Å². The first-order valence-corrected chi connectivity index (χ1v) is 6.06. The van der Waals surface area contributed by atoms with Crippen molar-refractivity contribution in [1.29, 1.82) is 0 Å². The Morgan fingerprint density at radius 2 is 1.29 bits per heavy atom. The Kier molecular flexibility index (Phi) is 2.46. The lowest BCUT2D eigenvalue weighted by molar-refractivity contribution is -0.163. The molecule has 0 aromatic heterocycles. The van der Waals surface area contributed by atoms with Crippen LogP contribution in [0.4, 0.5) is 0 Å². The van der Waals surface area contributed by atoms with Crippen LogP contribution in [0.3, 0.4) is 0 Å². The zero-order valence-corrected chi connectivity index (χ0v) is 9.52. The molecule has 1 aromatic rings. The Bertz CT molecular complexity index is 441. The summed E-state index contributed by atoms with van der Waals surface area (Å²) in [6.45, 7) is 0. The highest BCUT2D eigenvalue weighted by Crippen LogP contribution is 2.40. The number of benzene rings is 1. The van der Waals surface area contributed by atoms with Crippen LogP contribution in [0.5, 0.6) is 0 Å². The molecule has 0 bridgehead atoms. The summed E-state index contributed by atoms with van der Waals surface area (Å²) in [4.78, 5) is 22.4. The van der Waals surface area contributed by atoms with Crippen molar-refractivity contribution in [1.82, 2.24) is 0 Å². The van der Waals surface area contributed by atoms with Gasteiger partial charge in [0.1, 0.15) is 0 Å². The molecule has 2 aliphatic rings. The monoisotopic (exact) mass is 230 g/mol. The number of carbonyl (C=O) groups excluding carboxylic acids is 2. The molecule has 17 heavy (non-hydrogen) atoms. The van der Waals surface area contributed by atoms with Gasteiger partial charge in [0.2, 0.25) is 0 Å². The van der Waals surface area contributed by atoms with Gasteiger partial charge in [0.15, 0.2) is 0 Å². The Balaban J connectivity index is 1.78. The van der Waals surface area contributed by atoms with Crippen molar-refractivity contribution >= 4 is 11.9 Å². The van der Waals surface area contributed by atoms with Crippen LogP contribution in [0.15, 0.2) is 24.3 Å². The average molecular weight is 230 g/mol. The van der Waals surface area contributed by atoms with Crippen molar-refractivity contribution in [3.05, 3.63) is 35.4 Å². The standard InChI is InChI=1S/C14H14O3/c15-13-7-12(8-14(16)17-13)11-5-3-10(4-6-11)9-1-2-9/h3-6,9,12H,1-2,7-8H2. The third kappa shape index (κ3) is 2.23. The summed E-state index contributed by atoms with van der Waals surface area (Å²) < 4.78 is 4.53. The predicted octanol–water partition coefficient (Wildman–Crippen LogP) is 2.51. The minimum atomic E-state index is -0.405. The van der Waals surface area contributed by atoms with Gasteiger partial charge in [0.25, 0.3) is 0 Å². The maximum Gasteiger partial charge on any atom is 0.314 e. The molecule has 88 valence electrons. The van der Waals surface area contributed by atoms with Crippen LogP contribution in [0.2, 0.25) is 0 Å². The minimum Gasteiger partial charge on any atom is -0.393 e. The van der Waals surface area contributed by atoms with Crippen molar-refractivity contribution in [2.75, 3.05) is 0 Å². The Hall–Kier alpha value is -1.64. The zero-order chi connectivity index (χ0) is 11.8. The Morgan fingerprint density at radius 3 is 1.76 bits per heavy atom. The van der Waals surface area contributed by atoms with Gasteiger partial charge in [-0.1, -0.05) is 24.3 Å². The van der Waals surface area contributed by atoms with Gasteiger partial charge in [-0.3, -0.25) is 9.59 Å². The summed E-state index contributed by atoms with van der Waals surface area (Å²) in [5, 5.41) is 0. The molecule has 2 fully saturated rings. The van der Waals surface area contributed by atoms with E-state index >= 15 is 0 Å². The van der Waals surface area contributed by atoms with Crippen LogP contribution in [0.25, 0.3) is 0 Å². The molecule has 0 N–H and O–H groups in total. The van der Waals surface area contributed by atoms with Crippen LogP contribution in [-0.2, 0) is 14.3 Å². The summed E-state index contributed by atoms with van der Waals surface area (Å²) in [5.41, 5.74) is 2.44. The molecule has 0 spiro atoms. The fourth-order valence-corrected chi connectivity index (χ4v) is 2.38. The number of esters is 2. The number of hydrogen-bond acceptors (Lipinski definition) is 3. The van der Waals surface area contributed by atoms with Gasteiger partial charge < -0.3 is 4.74 Å². The maximum absolute atomic E-state index is 11.2. The molecule has 1 heterocycles. The molecular weight excluding hydrogens is 216 g/mol. The van der Waals surface area contributed by atoms with E-state index in [9.17, 15) is 9.59 Å². The molecule has 0 amide bonds. The Labute approximate surface area is 99.8 Å². The Morgan fingerprint density at radius 1 is 0.824 bits per heavy atom. The largest absolute Gasteiger partial charge is 0.393 e. The predicted molar refractivity (Wildman–Crippen MR) is 61.5 cm³/mol. The molecule has 1 aromatic carbocycles. The van der Waals surface area contributed by atoms with Gasteiger partial charge in [-0.05, 0) is 29.9 Å². The van der Waals surface area contributed by atoms with Gasteiger partial charge in [-0.25, -0.2) is 0 Å². The van der Waals surface area contributed by atoms with E-state index in [2.05, 4.69) is 16.9 Å². The highest BCUT2D eigenvalue weighted by molar-refractivity contribution is 5.89. The topological polar surface area (TPSA) is 43.4 Å². The number of hydrogen-bond donors (Lipinski definition) is 0. The lowest BCUT2D eigenvalue weighted by Crippen LogP contribution is -2.24. The normalized spacial score (nSPS) is 21.4. The smallest absolute Gasteiger partial charge is 0.314 e. The van der Waals surface area contributed by atoms with Gasteiger partial charge in [0, 0.05) is 5.92 Å². The molecule has 3 heteroatoms. The molecule has 0 unspecified atom stereocenters. The van der Waals surface area contributed by atoms with Crippen molar-refractivity contribution in [3.63, 3.8) is 0 Å². The van der Waals surface area contributed by atoms with Crippen molar-refractivity contribution in [3.8, 4) is 0 Å². The lowest BCUT2D eigenvalue weighted by Gasteiger charge is -2.20. The second kappa shape index (κ2) is 3.99. The summed E-state index contributed by atoms with van der Waals surface area (Å²) in [5.74, 6) is -0.0750. The van der Waals surface area contributed by atoms with Crippen LogP contribution in [0.1, 0.15) is 48.6 Å². The van der Waals surface area contributed by atoms with Crippen LogP contribution in [-0.4, -0.2) is 11.9 Å². The van der Waals surface area contributed by atoms with E-state index in [1.807, 2.05) is 12.1 Å². The highest BCUT2D eigenvalue weighted by Gasteiger charge is 2.29. The third-order valence-corrected chi connectivity index (χ3v) is 3.51. The molecule has 1 aliphatic heterocycles. The summed E-state index contributed by atoms with van der Waals surface area (Å²) >= 11 is 0. The molecule has 3 rings (SSSR count). The van der Waals surface area contributed by atoms with Crippen LogP contribution in [0, 0.1) is 0 Å². The number of ether oxygens (including phenoxy) is 1. The average Bonchev–Trinajstić information content (AvgIpc) is 3.12. The van der Waals surface area contributed by atoms with E-state index in [0.717, 1.165) is 11.5 Å². The van der Waals surface area contributed by atoms with E-state index < -0.39 is 11.9 Å². The molecular formula is C14H14O3. The molecule has 0 atom stereocenters. The first-order valence-electron chi connectivity index (χ1n) is 6.06. The van der Waals surface area contributed by atoms with Crippen molar-refractivity contribution in [2.24, 2.45) is 0 Å². The first kappa shape index (κ1) is 10.5. The number of cyclic esters (lactones) is 2. The summed E-state index contributed by atoms with van der Waals surface area (Å²) in [6.07, 6.45) is 3.20. The SMILES string of the molecule is O=C1CC(c2ccc(C3CC3)cc2)CC(=O)O1. The fraction of sp³-hybridized carbons (Fsp3) is 0.429. The second-order valence-corrected chi connectivity index (χ2v) is 4.89. The van der Waals surface area contributed by atoms with Gasteiger partial charge >= 0.3 is 11.9 Å². The fourth-order valence-electron chi connectivity index (χ4n) is 2.38. The van der Waals surface area contributed by atoms with Gasteiger partial charge in [-0.15, -0.1) is 0 Å². The van der Waals surface area contributed by atoms with E-state index in [4.69, 9.17) is 0 Å². The third-order valence-electron chi connectivity index (χ3n) is 3.51. The molecule has 3 nitrogen and oxygen atoms in total.